The van der Waals surface area contributed by atoms with Crippen LogP contribution in [-0.2, 0) is 0 Å². The van der Waals surface area contributed by atoms with Crippen molar-refractivity contribution in [3.8, 4) is 5.75 Å². The Morgan fingerprint density at radius 3 is 2.27 bits per heavy atom. The van der Waals surface area contributed by atoms with Crippen molar-refractivity contribution in [2.45, 2.75) is 19.9 Å². The summed E-state index contributed by atoms with van der Waals surface area (Å²) >= 11 is 11.9. The van der Waals surface area contributed by atoms with Crippen LogP contribution in [0.4, 0.5) is 0 Å². The molecule has 0 aliphatic carbocycles. The summed E-state index contributed by atoms with van der Waals surface area (Å²) in [6.45, 7) is 4.51. The molecule has 0 heterocycles. The van der Waals surface area contributed by atoms with Gasteiger partial charge in [0.1, 0.15) is 6.61 Å². The zero-order chi connectivity index (χ0) is 11.4. The monoisotopic (exact) mass is 247 g/mol. The molecule has 0 saturated heterocycles. The molecule has 0 fully saturated rings. The molecule has 1 rings (SSSR count). The summed E-state index contributed by atoms with van der Waals surface area (Å²) < 4.78 is 5.50. The summed E-state index contributed by atoms with van der Waals surface area (Å²) in [4.78, 5) is 0. The van der Waals surface area contributed by atoms with Crippen molar-refractivity contribution in [1.82, 2.24) is 0 Å². The van der Waals surface area contributed by atoms with E-state index in [9.17, 15) is 0 Å². The number of rotatable bonds is 4. The van der Waals surface area contributed by atoms with Crippen LogP contribution in [0.25, 0.3) is 0 Å². The smallest absolute Gasteiger partial charge is 0.156 e. The van der Waals surface area contributed by atoms with Gasteiger partial charge < -0.3 is 10.5 Å². The molecule has 0 amide bonds. The largest absolute Gasteiger partial charge is 0.489 e. The highest BCUT2D eigenvalue weighted by Gasteiger charge is 2.11. The number of para-hydroxylation sites is 1. The highest BCUT2D eigenvalue weighted by molar-refractivity contribution is 6.37. The Balaban J connectivity index is 2.65. The van der Waals surface area contributed by atoms with E-state index >= 15 is 0 Å². The van der Waals surface area contributed by atoms with Crippen LogP contribution in [0.2, 0.25) is 10.0 Å². The fraction of sp³-hybridized carbons (Fsp3) is 0.455. The maximum Gasteiger partial charge on any atom is 0.156 e. The van der Waals surface area contributed by atoms with Crippen LogP contribution in [0, 0.1) is 5.92 Å². The lowest BCUT2D eigenvalue weighted by Gasteiger charge is -2.17. The van der Waals surface area contributed by atoms with Crippen molar-refractivity contribution in [3.63, 3.8) is 0 Å². The Bertz CT molecular complexity index is 308. The molecule has 15 heavy (non-hydrogen) atoms. The molecule has 2 N–H and O–H groups in total. The number of ether oxygens (including phenoxy) is 1. The van der Waals surface area contributed by atoms with E-state index in [2.05, 4.69) is 0 Å². The summed E-state index contributed by atoms with van der Waals surface area (Å²) in [5.74, 6) is 0.878. The molecule has 0 bridgehead atoms. The van der Waals surface area contributed by atoms with Crippen LogP contribution >= 0.6 is 23.2 Å². The SMILES string of the molecule is CC(C)[C@H](N)COc1c(Cl)cccc1Cl. The fourth-order valence-corrected chi connectivity index (χ4v) is 1.50. The van der Waals surface area contributed by atoms with E-state index in [1.165, 1.54) is 0 Å². The van der Waals surface area contributed by atoms with Gasteiger partial charge in [-0.05, 0) is 18.1 Å². The van der Waals surface area contributed by atoms with E-state index in [1.807, 2.05) is 13.8 Å². The van der Waals surface area contributed by atoms with Gasteiger partial charge in [-0.1, -0.05) is 43.1 Å². The second-order valence-corrected chi connectivity index (χ2v) is 4.58. The van der Waals surface area contributed by atoms with Crippen LogP contribution in [0.15, 0.2) is 18.2 Å². The Hall–Kier alpha value is -0.440. The van der Waals surface area contributed by atoms with Gasteiger partial charge >= 0.3 is 0 Å². The number of hydrogen-bond acceptors (Lipinski definition) is 2. The third kappa shape index (κ3) is 3.56. The van der Waals surface area contributed by atoms with Crippen LogP contribution < -0.4 is 10.5 Å². The Morgan fingerprint density at radius 1 is 1.27 bits per heavy atom. The summed E-state index contributed by atoms with van der Waals surface area (Å²) in [5.41, 5.74) is 5.85. The van der Waals surface area contributed by atoms with E-state index in [0.717, 1.165) is 0 Å². The Morgan fingerprint density at radius 2 is 1.80 bits per heavy atom. The van der Waals surface area contributed by atoms with Crippen molar-refractivity contribution in [2.24, 2.45) is 11.7 Å². The van der Waals surface area contributed by atoms with Gasteiger partial charge in [-0.2, -0.15) is 0 Å². The topological polar surface area (TPSA) is 35.2 Å². The first-order valence-corrected chi connectivity index (χ1v) is 5.60. The van der Waals surface area contributed by atoms with Crippen LogP contribution in [0.3, 0.4) is 0 Å². The zero-order valence-corrected chi connectivity index (χ0v) is 10.3. The molecule has 0 saturated carbocycles. The highest BCUT2D eigenvalue weighted by atomic mass is 35.5. The Labute approximate surface area is 100 Å². The standard InChI is InChI=1S/C11H15Cl2NO/c1-7(2)10(14)6-15-11-8(12)4-3-5-9(11)13/h3-5,7,10H,6,14H2,1-2H3/t10-/m1/s1. The molecular weight excluding hydrogens is 233 g/mol. The minimum absolute atomic E-state index is 0.0164. The molecule has 0 aromatic heterocycles. The van der Waals surface area contributed by atoms with E-state index in [4.69, 9.17) is 33.7 Å². The lowest BCUT2D eigenvalue weighted by Crippen LogP contribution is -2.33. The summed E-state index contributed by atoms with van der Waals surface area (Å²) in [6, 6.07) is 5.24. The van der Waals surface area contributed by atoms with Crippen LogP contribution in [-0.4, -0.2) is 12.6 Å². The van der Waals surface area contributed by atoms with Gasteiger partial charge in [0.25, 0.3) is 0 Å². The van der Waals surface area contributed by atoms with Crippen molar-refractivity contribution in [2.75, 3.05) is 6.61 Å². The molecule has 0 radical (unpaired) electrons. The third-order valence-corrected chi connectivity index (χ3v) is 2.79. The lowest BCUT2D eigenvalue weighted by atomic mass is 10.1. The van der Waals surface area contributed by atoms with Crippen molar-refractivity contribution < 1.29 is 4.74 Å². The number of benzene rings is 1. The molecular formula is C11H15Cl2NO. The molecule has 0 aliphatic rings. The van der Waals surface area contributed by atoms with E-state index in [1.54, 1.807) is 18.2 Å². The molecule has 1 aromatic carbocycles. The normalized spacial score (nSPS) is 12.9. The summed E-state index contributed by atoms with van der Waals surface area (Å²) in [5, 5.41) is 1.02. The maximum absolute atomic E-state index is 5.94. The zero-order valence-electron chi connectivity index (χ0n) is 8.84. The number of halogens is 2. The second kappa shape index (κ2) is 5.59. The van der Waals surface area contributed by atoms with Crippen LogP contribution in [0.1, 0.15) is 13.8 Å². The van der Waals surface area contributed by atoms with Crippen LogP contribution in [0.5, 0.6) is 5.75 Å². The molecule has 84 valence electrons. The fourth-order valence-electron chi connectivity index (χ4n) is 0.992. The van der Waals surface area contributed by atoms with Crippen molar-refractivity contribution in [3.05, 3.63) is 28.2 Å². The molecule has 4 heteroatoms. The van der Waals surface area contributed by atoms with Crippen molar-refractivity contribution >= 4 is 23.2 Å². The van der Waals surface area contributed by atoms with Gasteiger partial charge in [-0.15, -0.1) is 0 Å². The van der Waals surface area contributed by atoms with Gasteiger partial charge in [0, 0.05) is 6.04 Å². The third-order valence-electron chi connectivity index (χ3n) is 2.20. The first-order chi connectivity index (χ1) is 7.02. The Kier molecular flexibility index (Phi) is 4.71. The predicted molar refractivity (Wildman–Crippen MR) is 64.8 cm³/mol. The molecule has 0 aliphatic heterocycles. The maximum atomic E-state index is 5.94. The molecule has 2 nitrogen and oxygen atoms in total. The average molecular weight is 248 g/mol. The van der Waals surface area contributed by atoms with Gasteiger partial charge in [-0.3, -0.25) is 0 Å². The highest BCUT2D eigenvalue weighted by Crippen LogP contribution is 2.32. The molecule has 0 spiro atoms. The lowest BCUT2D eigenvalue weighted by molar-refractivity contribution is 0.260. The first-order valence-electron chi connectivity index (χ1n) is 4.84. The molecule has 1 atom stereocenters. The van der Waals surface area contributed by atoms with E-state index < -0.39 is 0 Å². The molecule has 0 unspecified atom stereocenters. The average Bonchev–Trinajstić information content (AvgIpc) is 2.16. The second-order valence-electron chi connectivity index (χ2n) is 3.77. The quantitative estimate of drug-likeness (QED) is 0.886. The number of nitrogens with two attached hydrogens (primary N) is 1. The van der Waals surface area contributed by atoms with Gasteiger partial charge in [0.2, 0.25) is 0 Å². The van der Waals surface area contributed by atoms with Gasteiger partial charge in [0.15, 0.2) is 5.75 Å². The predicted octanol–water partition coefficient (Wildman–Crippen LogP) is 3.36. The van der Waals surface area contributed by atoms with E-state index in [-0.39, 0.29) is 6.04 Å². The minimum Gasteiger partial charge on any atom is -0.489 e. The van der Waals surface area contributed by atoms with Gasteiger partial charge in [-0.25, -0.2) is 0 Å². The summed E-state index contributed by atoms with van der Waals surface area (Å²) in [6.07, 6.45) is 0. The van der Waals surface area contributed by atoms with E-state index in [0.29, 0.717) is 28.3 Å². The first kappa shape index (κ1) is 12.6. The summed E-state index contributed by atoms with van der Waals surface area (Å²) in [7, 11) is 0. The molecule has 1 aromatic rings. The van der Waals surface area contributed by atoms with Crippen molar-refractivity contribution in [1.29, 1.82) is 0 Å². The van der Waals surface area contributed by atoms with Gasteiger partial charge in [0.05, 0.1) is 10.0 Å². The number of hydrogen-bond donors (Lipinski definition) is 1. The minimum atomic E-state index is -0.0164.